The highest BCUT2D eigenvalue weighted by Gasteiger charge is 2.26. The summed E-state index contributed by atoms with van der Waals surface area (Å²) < 4.78 is 61.1. The van der Waals surface area contributed by atoms with Crippen molar-refractivity contribution < 1.29 is 41.2 Å². The second kappa shape index (κ2) is 8.38. The molecule has 0 saturated carbocycles. The Kier molecular flexibility index (Phi) is 6.15. The second-order valence-electron chi connectivity index (χ2n) is 6.68. The summed E-state index contributed by atoms with van der Waals surface area (Å²) in [6.07, 6.45) is -0.681. The standard InChI is InChI=1S/C18H16N2O9S3/c19-10-5-13-11(15(6-10)32(27,28)29)2-1-3-14(13)31(25,26)20-16-4-9(8-30-16)12(18(23)24)7-17(21)22/h1-6,8,12,20H,7,19H2,(H,21,22)(H,23,24)(H,27,28,29). The number of nitrogen functional groups attached to an aromatic ring is 1. The molecule has 0 aliphatic carbocycles. The van der Waals surface area contributed by atoms with E-state index in [0.717, 1.165) is 17.4 Å². The molecule has 0 aliphatic heterocycles. The van der Waals surface area contributed by atoms with Gasteiger partial charge in [0, 0.05) is 16.5 Å². The van der Waals surface area contributed by atoms with E-state index in [1.807, 2.05) is 0 Å². The van der Waals surface area contributed by atoms with Crippen LogP contribution in [0, 0.1) is 0 Å². The number of carboxylic acids is 2. The number of thiophene rings is 1. The van der Waals surface area contributed by atoms with Crippen LogP contribution in [-0.4, -0.2) is 43.5 Å². The van der Waals surface area contributed by atoms with Gasteiger partial charge < -0.3 is 15.9 Å². The van der Waals surface area contributed by atoms with Gasteiger partial charge >= 0.3 is 11.9 Å². The number of hydrogen-bond acceptors (Lipinski definition) is 8. The van der Waals surface area contributed by atoms with Crippen LogP contribution in [0.2, 0.25) is 0 Å². The lowest BCUT2D eigenvalue weighted by molar-refractivity contribution is -0.145. The van der Waals surface area contributed by atoms with Crippen LogP contribution >= 0.6 is 11.3 Å². The van der Waals surface area contributed by atoms with Crippen LogP contribution < -0.4 is 10.5 Å². The summed E-state index contributed by atoms with van der Waals surface area (Å²) in [5.74, 6) is -4.06. The minimum atomic E-state index is -4.69. The third-order valence-electron chi connectivity index (χ3n) is 4.44. The second-order valence-corrected chi connectivity index (χ2v) is 10.6. The number of carboxylic acid groups (broad SMARTS) is 2. The van der Waals surface area contributed by atoms with Gasteiger partial charge in [-0.2, -0.15) is 8.42 Å². The van der Waals surface area contributed by atoms with E-state index in [2.05, 4.69) is 4.72 Å². The summed E-state index contributed by atoms with van der Waals surface area (Å²) in [7, 11) is -9.00. The Balaban J connectivity index is 2.05. The van der Waals surface area contributed by atoms with Crippen LogP contribution in [0.1, 0.15) is 17.9 Å². The number of carbonyl (C=O) groups is 2. The summed E-state index contributed by atoms with van der Waals surface area (Å²) in [4.78, 5) is 21.4. The first-order valence-corrected chi connectivity index (χ1v) is 12.5. The van der Waals surface area contributed by atoms with Gasteiger partial charge in [0.1, 0.15) is 9.90 Å². The van der Waals surface area contributed by atoms with E-state index in [0.29, 0.717) is 0 Å². The van der Waals surface area contributed by atoms with Crippen molar-refractivity contribution in [3.63, 3.8) is 0 Å². The normalized spacial score (nSPS) is 13.0. The Morgan fingerprint density at radius 2 is 1.72 bits per heavy atom. The van der Waals surface area contributed by atoms with Crippen molar-refractivity contribution in [2.24, 2.45) is 0 Å². The van der Waals surface area contributed by atoms with E-state index in [9.17, 15) is 36.1 Å². The van der Waals surface area contributed by atoms with Gasteiger partial charge in [0.05, 0.1) is 17.2 Å². The molecule has 1 unspecified atom stereocenters. The van der Waals surface area contributed by atoms with Gasteiger partial charge in [-0.1, -0.05) is 12.1 Å². The quantitative estimate of drug-likeness (QED) is 0.225. The first-order valence-electron chi connectivity index (χ1n) is 8.65. The van der Waals surface area contributed by atoms with Crippen molar-refractivity contribution in [3.8, 4) is 0 Å². The molecule has 2 aromatic carbocycles. The van der Waals surface area contributed by atoms with E-state index in [1.165, 1.54) is 35.7 Å². The lowest BCUT2D eigenvalue weighted by Gasteiger charge is -2.12. The average Bonchev–Trinajstić information content (AvgIpc) is 3.11. The predicted octanol–water partition coefficient (Wildman–Crippen LogP) is 2.17. The maximum atomic E-state index is 13.0. The van der Waals surface area contributed by atoms with Crippen molar-refractivity contribution in [2.75, 3.05) is 10.5 Å². The van der Waals surface area contributed by atoms with Crippen LogP contribution in [0.15, 0.2) is 51.6 Å². The molecule has 3 rings (SSSR count). The van der Waals surface area contributed by atoms with Crippen molar-refractivity contribution >= 4 is 64.9 Å². The molecule has 6 N–H and O–H groups in total. The van der Waals surface area contributed by atoms with Gasteiger partial charge in [-0.05, 0) is 35.2 Å². The number of nitrogens with one attached hydrogen (secondary N) is 1. The average molecular weight is 501 g/mol. The molecule has 32 heavy (non-hydrogen) atoms. The SMILES string of the molecule is Nc1cc(S(=O)(=O)O)c2cccc(S(=O)(=O)Nc3cc(C(CC(=O)O)C(=O)O)cs3)c2c1. The number of fused-ring (bicyclic) bond motifs is 1. The third kappa shape index (κ3) is 4.83. The van der Waals surface area contributed by atoms with Crippen molar-refractivity contribution in [2.45, 2.75) is 22.1 Å². The van der Waals surface area contributed by atoms with Gasteiger partial charge in [0.25, 0.3) is 20.1 Å². The molecule has 170 valence electrons. The first-order chi connectivity index (χ1) is 14.8. The highest BCUT2D eigenvalue weighted by Crippen LogP contribution is 2.34. The minimum Gasteiger partial charge on any atom is -0.481 e. The van der Waals surface area contributed by atoms with Gasteiger partial charge in [0.15, 0.2) is 0 Å². The number of hydrogen-bond donors (Lipinski definition) is 5. The van der Waals surface area contributed by atoms with E-state index < -0.39 is 49.3 Å². The van der Waals surface area contributed by atoms with Crippen LogP contribution in [-0.2, 0) is 29.7 Å². The summed E-state index contributed by atoms with van der Waals surface area (Å²) in [5.41, 5.74) is 5.71. The molecule has 0 amide bonds. The zero-order chi connectivity index (χ0) is 23.8. The number of benzene rings is 2. The Morgan fingerprint density at radius 3 is 2.31 bits per heavy atom. The van der Waals surface area contributed by atoms with Crippen LogP contribution in [0.25, 0.3) is 10.8 Å². The molecular weight excluding hydrogens is 484 g/mol. The fraction of sp³-hybridized carbons (Fsp3) is 0.111. The van der Waals surface area contributed by atoms with Crippen LogP contribution in [0.5, 0.6) is 0 Å². The summed E-state index contributed by atoms with van der Waals surface area (Å²) >= 11 is 0.853. The number of anilines is 2. The molecule has 0 fully saturated rings. The fourth-order valence-electron chi connectivity index (χ4n) is 3.09. The summed E-state index contributed by atoms with van der Waals surface area (Å²) in [5, 5.41) is 19.4. The minimum absolute atomic E-state index is 0.0209. The number of aliphatic carboxylic acids is 2. The van der Waals surface area contributed by atoms with Crippen molar-refractivity contribution in [3.05, 3.63) is 47.3 Å². The predicted molar refractivity (Wildman–Crippen MR) is 116 cm³/mol. The Labute approximate surface area is 185 Å². The number of nitrogens with two attached hydrogens (primary N) is 1. The molecule has 3 aromatic rings. The Bertz CT molecular complexity index is 1440. The van der Waals surface area contributed by atoms with Gasteiger partial charge in [-0.25, -0.2) is 8.42 Å². The van der Waals surface area contributed by atoms with Crippen LogP contribution in [0.4, 0.5) is 10.7 Å². The Hall–Kier alpha value is -3.20. The van der Waals surface area contributed by atoms with Crippen molar-refractivity contribution in [1.82, 2.24) is 0 Å². The smallest absolute Gasteiger partial charge is 0.311 e. The van der Waals surface area contributed by atoms with Gasteiger partial charge in [0.2, 0.25) is 0 Å². The molecule has 0 radical (unpaired) electrons. The van der Waals surface area contributed by atoms with Crippen molar-refractivity contribution in [1.29, 1.82) is 0 Å². The molecule has 1 heterocycles. The maximum Gasteiger partial charge on any atom is 0.311 e. The van der Waals surface area contributed by atoms with Gasteiger partial charge in [-0.15, -0.1) is 11.3 Å². The highest BCUT2D eigenvalue weighted by atomic mass is 32.2. The largest absolute Gasteiger partial charge is 0.481 e. The molecule has 0 aliphatic rings. The van der Waals surface area contributed by atoms with E-state index in [4.69, 9.17) is 10.8 Å². The summed E-state index contributed by atoms with van der Waals surface area (Å²) in [6.45, 7) is 0. The molecule has 0 saturated heterocycles. The Morgan fingerprint density at radius 1 is 1.03 bits per heavy atom. The summed E-state index contributed by atoms with van der Waals surface area (Å²) in [6, 6.07) is 7.26. The lowest BCUT2D eigenvalue weighted by atomic mass is 9.99. The zero-order valence-electron chi connectivity index (χ0n) is 15.9. The number of rotatable bonds is 8. The van der Waals surface area contributed by atoms with E-state index in [-0.39, 0.29) is 31.9 Å². The van der Waals surface area contributed by atoms with E-state index >= 15 is 0 Å². The topological polar surface area (TPSA) is 201 Å². The highest BCUT2D eigenvalue weighted by molar-refractivity contribution is 7.93. The van der Waals surface area contributed by atoms with Gasteiger partial charge in [-0.3, -0.25) is 18.9 Å². The fourth-order valence-corrected chi connectivity index (χ4v) is 6.20. The van der Waals surface area contributed by atoms with E-state index in [1.54, 1.807) is 0 Å². The molecular formula is C18H16N2O9S3. The molecule has 1 aromatic heterocycles. The first kappa shape index (κ1) is 23.5. The molecule has 0 bridgehead atoms. The molecule has 14 heteroatoms. The molecule has 1 atom stereocenters. The zero-order valence-corrected chi connectivity index (χ0v) is 18.4. The maximum absolute atomic E-state index is 13.0. The lowest BCUT2D eigenvalue weighted by Crippen LogP contribution is -2.15. The molecule has 11 nitrogen and oxygen atoms in total. The van der Waals surface area contributed by atoms with Crippen LogP contribution in [0.3, 0.4) is 0 Å². The third-order valence-corrected chi connectivity index (χ3v) is 7.75. The monoisotopic (exact) mass is 500 g/mol. The number of sulfonamides is 1. The molecule has 0 spiro atoms.